The van der Waals surface area contributed by atoms with Crippen molar-refractivity contribution in [2.45, 2.75) is 39.2 Å². The molecule has 0 saturated carbocycles. The molecule has 1 heterocycles. The number of nitrogens with zero attached hydrogens (tertiary/aromatic N) is 1. The summed E-state index contributed by atoms with van der Waals surface area (Å²) in [5.74, 6) is -0.500. The molecule has 1 unspecified atom stereocenters. The Morgan fingerprint density at radius 3 is 2.93 bits per heavy atom. The van der Waals surface area contributed by atoms with Gasteiger partial charge in [-0.2, -0.15) is 0 Å². The summed E-state index contributed by atoms with van der Waals surface area (Å²) in [5, 5.41) is 10.1. The van der Waals surface area contributed by atoms with Crippen molar-refractivity contribution in [2.75, 3.05) is 13.1 Å². The average molecular weight is 404 g/mol. The summed E-state index contributed by atoms with van der Waals surface area (Å²) >= 11 is 0. The normalized spacial score (nSPS) is 16.3. The predicted molar refractivity (Wildman–Crippen MR) is 120 cm³/mol. The maximum absolute atomic E-state index is 11.4. The number of amides is 1. The lowest BCUT2D eigenvalue weighted by atomic mass is 9.99. The van der Waals surface area contributed by atoms with Crippen molar-refractivity contribution in [1.29, 1.82) is 0 Å². The van der Waals surface area contributed by atoms with Gasteiger partial charge >= 0.3 is 0 Å². The number of para-hydroxylation sites is 1. The Morgan fingerprint density at radius 2 is 2.13 bits per heavy atom. The standard InChI is InChI=1S/C25H29N3O2/c1-3-28(13-12-20-16-26-23-7-5-4-6-21(20)23)24-11-9-19-15-18(8-10-22(19)24)17(2)14-25(29)27-30/h4-8,10,14-16,24,26,30H,3,9,11-13H2,1-2H3,(H,27,29)/b17-14-. The van der Waals surface area contributed by atoms with Gasteiger partial charge in [-0.1, -0.05) is 43.3 Å². The van der Waals surface area contributed by atoms with E-state index in [1.807, 2.05) is 6.92 Å². The topological polar surface area (TPSA) is 68.4 Å². The van der Waals surface area contributed by atoms with Gasteiger partial charge in [-0.15, -0.1) is 0 Å². The van der Waals surface area contributed by atoms with E-state index in [4.69, 9.17) is 5.21 Å². The van der Waals surface area contributed by atoms with Crippen LogP contribution in [0.1, 0.15) is 48.6 Å². The van der Waals surface area contributed by atoms with Gasteiger partial charge in [0.2, 0.25) is 0 Å². The van der Waals surface area contributed by atoms with Crippen LogP contribution in [0.3, 0.4) is 0 Å². The van der Waals surface area contributed by atoms with Crippen LogP contribution in [0.25, 0.3) is 16.5 Å². The summed E-state index contributed by atoms with van der Waals surface area (Å²) in [6.07, 6.45) is 6.77. The summed E-state index contributed by atoms with van der Waals surface area (Å²) in [6, 6.07) is 15.4. The Kier molecular flexibility index (Phi) is 6.02. The Balaban J connectivity index is 1.49. The fraction of sp³-hybridized carbons (Fsp3) is 0.320. The number of allylic oxidation sites excluding steroid dienone is 1. The largest absolute Gasteiger partial charge is 0.361 e. The van der Waals surface area contributed by atoms with Crippen LogP contribution in [0.5, 0.6) is 0 Å². The SMILES string of the molecule is CCN(CCc1c[nH]c2ccccc12)C1CCc2cc(/C(C)=C\C(=O)NO)ccc21. The number of aryl methyl sites for hydroxylation is 1. The first-order chi connectivity index (χ1) is 14.6. The van der Waals surface area contributed by atoms with E-state index in [9.17, 15) is 4.79 Å². The summed E-state index contributed by atoms with van der Waals surface area (Å²) < 4.78 is 0. The maximum atomic E-state index is 11.4. The molecule has 4 rings (SSSR count). The lowest BCUT2D eigenvalue weighted by Gasteiger charge is -2.28. The molecule has 0 radical (unpaired) electrons. The van der Waals surface area contributed by atoms with E-state index in [2.05, 4.69) is 65.5 Å². The molecule has 0 bridgehead atoms. The second kappa shape index (κ2) is 8.86. The highest BCUT2D eigenvalue weighted by Crippen LogP contribution is 2.37. The molecule has 2 aromatic carbocycles. The Labute approximate surface area is 177 Å². The van der Waals surface area contributed by atoms with Crippen LogP contribution in [-0.4, -0.2) is 34.1 Å². The van der Waals surface area contributed by atoms with Crippen molar-refractivity contribution in [1.82, 2.24) is 15.4 Å². The number of H-pyrrole nitrogens is 1. The van der Waals surface area contributed by atoms with Gasteiger partial charge in [0, 0.05) is 35.8 Å². The number of aromatic nitrogens is 1. The summed E-state index contributed by atoms with van der Waals surface area (Å²) in [6.45, 7) is 6.18. The number of hydrogen-bond acceptors (Lipinski definition) is 3. The zero-order valence-corrected chi connectivity index (χ0v) is 17.6. The molecule has 1 aliphatic rings. The van der Waals surface area contributed by atoms with Crippen LogP contribution in [-0.2, 0) is 17.6 Å². The number of aromatic amines is 1. The molecule has 3 aromatic rings. The third-order valence-electron chi connectivity index (χ3n) is 6.29. The first kappa shape index (κ1) is 20.4. The molecule has 1 aromatic heterocycles. The molecule has 0 spiro atoms. The lowest BCUT2D eigenvalue weighted by Crippen LogP contribution is -2.29. The summed E-state index contributed by atoms with van der Waals surface area (Å²) in [5.41, 5.74) is 8.87. The molecule has 3 N–H and O–H groups in total. The highest BCUT2D eigenvalue weighted by molar-refractivity contribution is 5.94. The number of fused-ring (bicyclic) bond motifs is 2. The van der Waals surface area contributed by atoms with Crippen molar-refractivity contribution < 1.29 is 10.0 Å². The Hall–Kier alpha value is -2.89. The molecule has 1 atom stereocenters. The molecule has 5 nitrogen and oxygen atoms in total. The minimum atomic E-state index is -0.500. The van der Waals surface area contributed by atoms with Crippen LogP contribution in [0.4, 0.5) is 0 Å². The van der Waals surface area contributed by atoms with Gasteiger partial charge < -0.3 is 4.98 Å². The number of nitrogens with one attached hydrogen (secondary N) is 2. The average Bonchev–Trinajstić information content (AvgIpc) is 3.38. The number of benzene rings is 2. The van der Waals surface area contributed by atoms with E-state index in [0.717, 1.165) is 43.5 Å². The van der Waals surface area contributed by atoms with Gasteiger partial charge in [0.25, 0.3) is 5.91 Å². The van der Waals surface area contributed by atoms with Gasteiger partial charge in [0.1, 0.15) is 0 Å². The number of likely N-dealkylation sites (N-methyl/N-ethyl adjacent to an activating group) is 1. The molecule has 0 saturated heterocycles. The number of hydroxylamine groups is 1. The van der Waals surface area contributed by atoms with E-state index >= 15 is 0 Å². The van der Waals surface area contributed by atoms with Gasteiger partial charge in [-0.3, -0.25) is 14.9 Å². The van der Waals surface area contributed by atoms with Crippen LogP contribution in [0, 0.1) is 0 Å². The highest BCUT2D eigenvalue weighted by atomic mass is 16.5. The van der Waals surface area contributed by atoms with E-state index in [-0.39, 0.29) is 0 Å². The molecular formula is C25H29N3O2. The van der Waals surface area contributed by atoms with E-state index < -0.39 is 5.91 Å². The number of carbonyl (C=O) groups is 1. The maximum Gasteiger partial charge on any atom is 0.267 e. The van der Waals surface area contributed by atoms with Gasteiger partial charge in [0.05, 0.1) is 0 Å². The monoisotopic (exact) mass is 403 g/mol. The fourth-order valence-electron chi connectivity index (χ4n) is 4.67. The molecule has 5 heteroatoms. The Morgan fingerprint density at radius 1 is 1.30 bits per heavy atom. The highest BCUT2D eigenvalue weighted by Gasteiger charge is 2.27. The second-order valence-corrected chi connectivity index (χ2v) is 8.01. The molecule has 1 amide bonds. The van der Waals surface area contributed by atoms with Crippen molar-refractivity contribution in [3.05, 3.63) is 77.0 Å². The lowest BCUT2D eigenvalue weighted by molar-refractivity contribution is -0.124. The van der Waals surface area contributed by atoms with Crippen LogP contribution in [0.2, 0.25) is 0 Å². The third kappa shape index (κ3) is 4.04. The van der Waals surface area contributed by atoms with Gasteiger partial charge in [0.15, 0.2) is 0 Å². The molecule has 30 heavy (non-hydrogen) atoms. The van der Waals surface area contributed by atoms with E-state index in [1.165, 1.54) is 33.7 Å². The first-order valence-corrected chi connectivity index (χ1v) is 10.6. The van der Waals surface area contributed by atoms with Crippen molar-refractivity contribution in [3.8, 4) is 0 Å². The van der Waals surface area contributed by atoms with Crippen molar-refractivity contribution in [3.63, 3.8) is 0 Å². The van der Waals surface area contributed by atoms with Gasteiger partial charge in [-0.25, -0.2) is 5.48 Å². The summed E-state index contributed by atoms with van der Waals surface area (Å²) in [7, 11) is 0. The van der Waals surface area contributed by atoms with Crippen LogP contribution in [0.15, 0.2) is 54.7 Å². The fourth-order valence-corrected chi connectivity index (χ4v) is 4.67. The third-order valence-corrected chi connectivity index (χ3v) is 6.29. The van der Waals surface area contributed by atoms with Crippen LogP contribution >= 0.6 is 0 Å². The Bertz CT molecular complexity index is 1080. The predicted octanol–water partition coefficient (Wildman–Crippen LogP) is 4.63. The van der Waals surface area contributed by atoms with Crippen molar-refractivity contribution >= 4 is 22.4 Å². The van der Waals surface area contributed by atoms with Crippen molar-refractivity contribution in [2.24, 2.45) is 0 Å². The molecule has 0 fully saturated rings. The first-order valence-electron chi connectivity index (χ1n) is 10.6. The number of hydrogen-bond donors (Lipinski definition) is 3. The number of carbonyl (C=O) groups excluding carboxylic acids is 1. The minimum Gasteiger partial charge on any atom is -0.361 e. The minimum absolute atomic E-state index is 0.439. The van der Waals surface area contributed by atoms with E-state index in [1.54, 1.807) is 5.48 Å². The van der Waals surface area contributed by atoms with E-state index in [0.29, 0.717) is 6.04 Å². The molecule has 156 valence electrons. The van der Waals surface area contributed by atoms with Gasteiger partial charge in [-0.05, 0) is 66.6 Å². The molecular weight excluding hydrogens is 374 g/mol. The zero-order chi connectivity index (χ0) is 21.1. The number of rotatable bonds is 7. The summed E-state index contributed by atoms with van der Waals surface area (Å²) in [4.78, 5) is 17.4. The second-order valence-electron chi connectivity index (χ2n) is 8.01. The van der Waals surface area contributed by atoms with Crippen LogP contribution < -0.4 is 5.48 Å². The zero-order valence-electron chi connectivity index (χ0n) is 17.6. The smallest absolute Gasteiger partial charge is 0.267 e. The quantitative estimate of drug-likeness (QED) is 0.306. The molecule has 1 aliphatic carbocycles. The molecule has 0 aliphatic heterocycles.